The lowest BCUT2D eigenvalue weighted by atomic mass is 10.1. The van der Waals surface area contributed by atoms with Gasteiger partial charge in [0.1, 0.15) is 16.4 Å². The maximum atomic E-state index is 6.20. The average Bonchev–Trinajstić information content (AvgIpc) is 3.07. The molecule has 5 heteroatoms. The van der Waals surface area contributed by atoms with Gasteiger partial charge in [0.25, 0.3) is 0 Å². The molecule has 4 nitrogen and oxygen atoms in total. The minimum absolute atomic E-state index is 0.602. The van der Waals surface area contributed by atoms with Crippen molar-refractivity contribution < 1.29 is 4.74 Å². The fourth-order valence-electron chi connectivity index (χ4n) is 2.89. The summed E-state index contributed by atoms with van der Waals surface area (Å²) in [6, 6.07) is 7.74. The van der Waals surface area contributed by atoms with Gasteiger partial charge in [0.05, 0.1) is 12.5 Å². The van der Waals surface area contributed by atoms with Crippen LogP contribution in [-0.2, 0) is 12.8 Å². The Morgan fingerprint density at radius 1 is 1.14 bits per heavy atom. The van der Waals surface area contributed by atoms with E-state index >= 15 is 0 Å². The van der Waals surface area contributed by atoms with Crippen LogP contribution in [-0.4, -0.2) is 17.1 Å². The molecule has 0 radical (unpaired) electrons. The molecule has 2 aromatic heterocycles. The molecule has 0 spiro atoms. The van der Waals surface area contributed by atoms with Gasteiger partial charge < -0.3 is 10.5 Å². The van der Waals surface area contributed by atoms with E-state index in [0.29, 0.717) is 11.6 Å². The van der Waals surface area contributed by atoms with E-state index in [4.69, 9.17) is 15.5 Å². The minimum Gasteiger partial charge on any atom is -0.497 e. The topological polar surface area (TPSA) is 61.0 Å². The normalized spacial score (nSPS) is 13.6. The summed E-state index contributed by atoms with van der Waals surface area (Å²) in [6.45, 7) is 0. The van der Waals surface area contributed by atoms with Crippen LogP contribution in [0.25, 0.3) is 21.6 Å². The second kappa shape index (κ2) is 4.70. The summed E-state index contributed by atoms with van der Waals surface area (Å²) in [5.41, 5.74) is 8.52. The van der Waals surface area contributed by atoms with Crippen molar-refractivity contribution in [3.63, 3.8) is 0 Å². The molecule has 0 saturated carbocycles. The first-order chi connectivity index (χ1) is 10.3. The zero-order chi connectivity index (χ0) is 14.4. The van der Waals surface area contributed by atoms with E-state index in [-0.39, 0.29) is 0 Å². The van der Waals surface area contributed by atoms with E-state index in [2.05, 4.69) is 4.98 Å². The predicted octanol–water partition coefficient (Wildman–Crippen LogP) is 3.44. The lowest BCUT2D eigenvalue weighted by Crippen LogP contribution is -1.97. The van der Waals surface area contributed by atoms with Crippen molar-refractivity contribution in [2.45, 2.75) is 19.3 Å². The number of anilines is 1. The Balaban J connectivity index is 1.86. The highest BCUT2D eigenvalue weighted by Gasteiger charge is 2.21. The number of fused-ring (bicyclic) bond motifs is 3. The molecule has 0 amide bonds. The smallest absolute Gasteiger partial charge is 0.163 e. The van der Waals surface area contributed by atoms with E-state index in [1.54, 1.807) is 18.4 Å². The number of rotatable bonds is 2. The summed E-state index contributed by atoms with van der Waals surface area (Å²) < 4.78 is 5.18. The zero-order valence-corrected chi connectivity index (χ0v) is 12.5. The third kappa shape index (κ3) is 1.96. The van der Waals surface area contributed by atoms with Gasteiger partial charge in [0, 0.05) is 10.4 Å². The van der Waals surface area contributed by atoms with Gasteiger partial charge in [-0.05, 0) is 49.1 Å². The first-order valence-corrected chi connectivity index (χ1v) is 7.80. The molecule has 0 bridgehead atoms. The highest BCUT2D eigenvalue weighted by atomic mass is 32.1. The van der Waals surface area contributed by atoms with Crippen molar-refractivity contribution in [3.8, 4) is 17.1 Å². The molecule has 4 rings (SSSR count). The Hall–Kier alpha value is -2.14. The van der Waals surface area contributed by atoms with E-state index in [1.165, 1.54) is 16.9 Å². The van der Waals surface area contributed by atoms with Crippen LogP contribution in [0, 0.1) is 0 Å². The second-order valence-electron chi connectivity index (χ2n) is 5.20. The molecule has 1 aliphatic rings. The van der Waals surface area contributed by atoms with E-state index < -0.39 is 0 Å². The molecular weight excluding hydrogens is 282 g/mol. The lowest BCUT2D eigenvalue weighted by Gasteiger charge is -2.05. The van der Waals surface area contributed by atoms with Crippen LogP contribution in [0.15, 0.2) is 24.3 Å². The molecule has 0 saturated heterocycles. The molecule has 0 fully saturated rings. The zero-order valence-electron chi connectivity index (χ0n) is 11.7. The molecule has 0 aliphatic heterocycles. The maximum Gasteiger partial charge on any atom is 0.163 e. The van der Waals surface area contributed by atoms with Crippen LogP contribution in [0.2, 0.25) is 0 Å². The summed E-state index contributed by atoms with van der Waals surface area (Å²) in [4.78, 5) is 11.7. The van der Waals surface area contributed by atoms with Crippen molar-refractivity contribution in [1.29, 1.82) is 0 Å². The highest BCUT2D eigenvalue weighted by molar-refractivity contribution is 7.19. The fraction of sp³-hybridized carbons (Fsp3) is 0.250. The molecular formula is C16H15N3OS. The number of ether oxygens (including phenoxy) is 1. The number of aryl methyl sites for hydroxylation is 2. The summed E-state index contributed by atoms with van der Waals surface area (Å²) in [7, 11) is 1.66. The third-order valence-corrected chi connectivity index (χ3v) is 5.13. The lowest BCUT2D eigenvalue weighted by molar-refractivity contribution is 0.415. The van der Waals surface area contributed by atoms with Gasteiger partial charge in [0.2, 0.25) is 0 Å². The average molecular weight is 297 g/mol. The molecule has 0 unspecified atom stereocenters. The van der Waals surface area contributed by atoms with Gasteiger partial charge >= 0.3 is 0 Å². The van der Waals surface area contributed by atoms with Crippen LogP contribution < -0.4 is 10.5 Å². The highest BCUT2D eigenvalue weighted by Crippen LogP contribution is 2.39. The van der Waals surface area contributed by atoms with Gasteiger partial charge in [-0.15, -0.1) is 11.3 Å². The minimum atomic E-state index is 0.602. The molecule has 2 N–H and O–H groups in total. The molecule has 1 aliphatic carbocycles. The monoisotopic (exact) mass is 297 g/mol. The second-order valence-corrected chi connectivity index (χ2v) is 6.28. The van der Waals surface area contributed by atoms with Gasteiger partial charge in [-0.3, -0.25) is 0 Å². The van der Waals surface area contributed by atoms with Crippen molar-refractivity contribution >= 4 is 27.4 Å². The Morgan fingerprint density at radius 3 is 2.71 bits per heavy atom. The predicted molar refractivity (Wildman–Crippen MR) is 85.8 cm³/mol. The summed E-state index contributed by atoms with van der Waals surface area (Å²) in [6.07, 6.45) is 3.47. The number of hydrogen-bond acceptors (Lipinski definition) is 5. The summed E-state index contributed by atoms with van der Waals surface area (Å²) >= 11 is 1.76. The number of thiophene rings is 1. The van der Waals surface area contributed by atoms with Gasteiger partial charge in [-0.1, -0.05) is 0 Å². The number of nitrogens with two attached hydrogens (primary N) is 1. The van der Waals surface area contributed by atoms with Crippen molar-refractivity contribution in [2.75, 3.05) is 12.8 Å². The van der Waals surface area contributed by atoms with Crippen LogP contribution in [0.5, 0.6) is 5.75 Å². The van der Waals surface area contributed by atoms with Crippen molar-refractivity contribution in [2.24, 2.45) is 0 Å². The first-order valence-electron chi connectivity index (χ1n) is 6.98. The van der Waals surface area contributed by atoms with Crippen LogP contribution >= 0.6 is 11.3 Å². The van der Waals surface area contributed by atoms with Crippen LogP contribution in [0.3, 0.4) is 0 Å². The molecule has 106 valence electrons. The number of benzene rings is 1. The van der Waals surface area contributed by atoms with E-state index in [0.717, 1.165) is 34.4 Å². The fourth-order valence-corrected chi connectivity index (χ4v) is 4.16. The SMILES string of the molecule is COc1ccc(-c2nc(N)c3c4c(sc3n2)CCC4)cc1. The maximum absolute atomic E-state index is 6.20. The third-order valence-electron chi connectivity index (χ3n) is 3.94. The molecule has 1 aromatic carbocycles. The van der Waals surface area contributed by atoms with Gasteiger partial charge in [-0.25, -0.2) is 9.97 Å². The van der Waals surface area contributed by atoms with Crippen molar-refractivity contribution in [3.05, 3.63) is 34.7 Å². The van der Waals surface area contributed by atoms with Crippen LogP contribution in [0.4, 0.5) is 5.82 Å². The van der Waals surface area contributed by atoms with Gasteiger partial charge in [-0.2, -0.15) is 0 Å². The quantitative estimate of drug-likeness (QED) is 0.787. The van der Waals surface area contributed by atoms with E-state index in [1.807, 2.05) is 24.3 Å². The number of methoxy groups -OCH3 is 1. The number of nitrogen functional groups attached to an aromatic ring is 1. The molecule has 21 heavy (non-hydrogen) atoms. The Bertz CT molecular complexity index is 824. The largest absolute Gasteiger partial charge is 0.497 e. The summed E-state index contributed by atoms with van der Waals surface area (Å²) in [5, 5.41) is 1.07. The Morgan fingerprint density at radius 2 is 1.95 bits per heavy atom. The van der Waals surface area contributed by atoms with Crippen LogP contribution in [0.1, 0.15) is 16.9 Å². The Labute approximate surface area is 126 Å². The number of nitrogens with zero attached hydrogens (tertiary/aromatic N) is 2. The number of aromatic nitrogens is 2. The summed E-state index contributed by atoms with van der Waals surface area (Å²) in [5.74, 6) is 2.11. The van der Waals surface area contributed by atoms with E-state index in [9.17, 15) is 0 Å². The van der Waals surface area contributed by atoms with Gasteiger partial charge in [0.15, 0.2) is 5.82 Å². The Kier molecular flexibility index (Phi) is 2.82. The molecule has 3 aromatic rings. The van der Waals surface area contributed by atoms with Crippen molar-refractivity contribution in [1.82, 2.24) is 9.97 Å². The molecule has 2 heterocycles. The molecule has 0 atom stereocenters. The first kappa shape index (κ1) is 12.6. The standard InChI is InChI=1S/C16H15N3OS/c1-20-10-7-5-9(6-8-10)15-18-14(17)13-11-3-2-4-12(11)21-16(13)19-15/h5-8H,2-4H2,1H3,(H2,17,18,19). The number of hydrogen-bond donors (Lipinski definition) is 1.